The highest BCUT2D eigenvalue weighted by atomic mass is 32.1. The van der Waals surface area contributed by atoms with Crippen molar-refractivity contribution in [2.24, 2.45) is 5.73 Å². The lowest BCUT2D eigenvalue weighted by Gasteiger charge is -2.16. The summed E-state index contributed by atoms with van der Waals surface area (Å²) in [5.74, 6) is 0.181. The highest BCUT2D eigenvalue weighted by Gasteiger charge is 2.11. The third-order valence-electron chi connectivity index (χ3n) is 1.65. The van der Waals surface area contributed by atoms with Crippen molar-refractivity contribution >= 4 is 23.2 Å². The first-order valence-corrected chi connectivity index (χ1v) is 4.53. The van der Waals surface area contributed by atoms with Gasteiger partial charge < -0.3 is 10.6 Å². The average molecular weight is 232 g/mol. The third kappa shape index (κ3) is 3.35. The Morgan fingerprint density at radius 1 is 1.67 bits per heavy atom. The minimum atomic E-state index is -2.44. The zero-order valence-electron chi connectivity index (χ0n) is 8.02. The lowest BCUT2D eigenvalue weighted by Crippen LogP contribution is -2.26. The lowest BCUT2D eigenvalue weighted by atomic mass is 10.4. The number of aromatic nitrogens is 2. The van der Waals surface area contributed by atoms with Crippen molar-refractivity contribution in [3.05, 3.63) is 18.0 Å². The minimum absolute atomic E-state index is 0.115. The number of alkyl halides is 2. The van der Waals surface area contributed by atoms with E-state index in [1.54, 1.807) is 0 Å². The SMILES string of the molecule is CN(CC(F)F)c1nccc(C(N)=S)n1. The predicted molar refractivity (Wildman–Crippen MR) is 57.2 cm³/mol. The molecule has 0 saturated heterocycles. The lowest BCUT2D eigenvalue weighted by molar-refractivity contribution is 0.156. The highest BCUT2D eigenvalue weighted by Crippen LogP contribution is 2.07. The Morgan fingerprint density at radius 3 is 2.87 bits per heavy atom. The smallest absolute Gasteiger partial charge is 0.255 e. The second-order valence-electron chi connectivity index (χ2n) is 2.88. The summed E-state index contributed by atoms with van der Waals surface area (Å²) in [6.07, 6.45) is -1.01. The third-order valence-corrected chi connectivity index (χ3v) is 1.86. The van der Waals surface area contributed by atoms with Crippen LogP contribution in [0.15, 0.2) is 12.3 Å². The number of hydrogen-bond acceptors (Lipinski definition) is 4. The van der Waals surface area contributed by atoms with Gasteiger partial charge in [-0.2, -0.15) is 0 Å². The molecule has 1 rings (SSSR count). The highest BCUT2D eigenvalue weighted by molar-refractivity contribution is 7.80. The van der Waals surface area contributed by atoms with Gasteiger partial charge in [-0.25, -0.2) is 18.7 Å². The maximum Gasteiger partial charge on any atom is 0.255 e. The average Bonchev–Trinajstić information content (AvgIpc) is 2.17. The normalized spacial score (nSPS) is 10.4. The van der Waals surface area contributed by atoms with Crippen molar-refractivity contribution in [3.8, 4) is 0 Å². The van der Waals surface area contributed by atoms with Crippen molar-refractivity contribution in [2.75, 3.05) is 18.5 Å². The maximum atomic E-state index is 12.1. The number of halogens is 2. The fraction of sp³-hybridized carbons (Fsp3) is 0.375. The van der Waals surface area contributed by atoms with Gasteiger partial charge in [0.25, 0.3) is 6.43 Å². The molecule has 4 nitrogen and oxygen atoms in total. The molecule has 0 aliphatic heterocycles. The second-order valence-corrected chi connectivity index (χ2v) is 3.32. The van der Waals surface area contributed by atoms with Crippen molar-refractivity contribution in [1.29, 1.82) is 0 Å². The molecule has 15 heavy (non-hydrogen) atoms. The number of anilines is 1. The van der Waals surface area contributed by atoms with E-state index in [1.165, 1.54) is 24.2 Å². The summed E-state index contributed by atoms with van der Waals surface area (Å²) in [6, 6.07) is 1.53. The van der Waals surface area contributed by atoms with Gasteiger partial charge in [-0.05, 0) is 6.07 Å². The van der Waals surface area contributed by atoms with Gasteiger partial charge in [-0.3, -0.25) is 0 Å². The van der Waals surface area contributed by atoms with Crippen LogP contribution in [0, 0.1) is 0 Å². The van der Waals surface area contributed by atoms with Crippen LogP contribution in [-0.2, 0) is 0 Å². The molecule has 0 saturated carbocycles. The minimum Gasteiger partial charge on any atom is -0.388 e. The summed E-state index contributed by atoms with van der Waals surface area (Å²) in [5, 5.41) is 0. The van der Waals surface area contributed by atoms with Gasteiger partial charge in [0, 0.05) is 13.2 Å². The van der Waals surface area contributed by atoms with Crippen LogP contribution in [0.4, 0.5) is 14.7 Å². The number of thiocarbonyl (C=S) groups is 1. The molecule has 0 aromatic carbocycles. The fourth-order valence-electron chi connectivity index (χ4n) is 0.958. The van der Waals surface area contributed by atoms with E-state index in [1.807, 2.05) is 0 Å². The molecular formula is C8H10F2N4S. The molecule has 0 aliphatic carbocycles. The summed E-state index contributed by atoms with van der Waals surface area (Å²) < 4.78 is 24.2. The molecule has 0 unspecified atom stereocenters. The van der Waals surface area contributed by atoms with Crippen LogP contribution in [0.25, 0.3) is 0 Å². The van der Waals surface area contributed by atoms with Gasteiger partial charge in [0.2, 0.25) is 5.95 Å². The largest absolute Gasteiger partial charge is 0.388 e. The summed E-state index contributed by atoms with van der Waals surface area (Å²) in [7, 11) is 1.48. The zero-order valence-corrected chi connectivity index (χ0v) is 8.84. The zero-order chi connectivity index (χ0) is 11.4. The van der Waals surface area contributed by atoms with Crippen LogP contribution in [-0.4, -0.2) is 35.0 Å². The standard InChI is InChI=1S/C8H10F2N4S/c1-14(4-6(9)10)8-12-3-2-5(13-8)7(11)15/h2-3,6H,4H2,1H3,(H2,11,15). The molecule has 7 heteroatoms. The predicted octanol–water partition coefficient (Wildman–Crippen LogP) is 0.812. The summed E-state index contributed by atoms with van der Waals surface area (Å²) in [6.45, 7) is -0.430. The van der Waals surface area contributed by atoms with Gasteiger partial charge in [-0.15, -0.1) is 0 Å². The fourth-order valence-corrected chi connectivity index (χ4v) is 1.07. The van der Waals surface area contributed by atoms with E-state index in [-0.39, 0.29) is 10.9 Å². The molecule has 1 heterocycles. The molecule has 0 amide bonds. The van der Waals surface area contributed by atoms with Gasteiger partial charge in [-0.1, -0.05) is 12.2 Å². The van der Waals surface area contributed by atoms with Crippen LogP contribution >= 0.6 is 12.2 Å². The first kappa shape index (κ1) is 11.7. The molecule has 0 aliphatic rings. The van der Waals surface area contributed by atoms with E-state index in [0.29, 0.717) is 5.69 Å². The van der Waals surface area contributed by atoms with E-state index in [9.17, 15) is 8.78 Å². The topological polar surface area (TPSA) is 55.0 Å². The first-order chi connectivity index (χ1) is 7.00. The number of hydrogen-bond donors (Lipinski definition) is 1. The van der Waals surface area contributed by atoms with Gasteiger partial charge in [0.1, 0.15) is 10.7 Å². The molecule has 82 valence electrons. The Labute approximate surface area is 91.1 Å². The number of nitrogens with two attached hydrogens (primary N) is 1. The number of nitrogens with zero attached hydrogens (tertiary/aromatic N) is 3. The van der Waals surface area contributed by atoms with Gasteiger partial charge >= 0.3 is 0 Å². The summed E-state index contributed by atoms with van der Waals surface area (Å²) >= 11 is 4.72. The molecule has 2 N–H and O–H groups in total. The first-order valence-electron chi connectivity index (χ1n) is 4.13. The van der Waals surface area contributed by atoms with Crippen molar-refractivity contribution in [3.63, 3.8) is 0 Å². The van der Waals surface area contributed by atoms with Crippen LogP contribution in [0.3, 0.4) is 0 Å². The Hall–Kier alpha value is -1.37. The molecule has 0 atom stereocenters. The Morgan fingerprint density at radius 2 is 2.33 bits per heavy atom. The molecule has 0 bridgehead atoms. The van der Waals surface area contributed by atoms with Crippen LogP contribution in [0.5, 0.6) is 0 Å². The number of rotatable bonds is 4. The monoisotopic (exact) mass is 232 g/mol. The van der Waals surface area contributed by atoms with E-state index < -0.39 is 13.0 Å². The molecule has 1 aromatic rings. The van der Waals surface area contributed by atoms with Gasteiger partial charge in [0.15, 0.2) is 0 Å². The van der Waals surface area contributed by atoms with Crippen LogP contribution < -0.4 is 10.6 Å². The quantitative estimate of drug-likeness (QED) is 0.779. The maximum absolute atomic E-state index is 12.1. The van der Waals surface area contributed by atoms with Crippen molar-refractivity contribution in [1.82, 2.24) is 9.97 Å². The second kappa shape index (κ2) is 4.92. The van der Waals surface area contributed by atoms with Crippen LogP contribution in [0.1, 0.15) is 5.69 Å². The molecule has 1 aromatic heterocycles. The van der Waals surface area contributed by atoms with Gasteiger partial charge in [0.05, 0.1) is 6.54 Å². The Kier molecular flexibility index (Phi) is 3.84. The molecular weight excluding hydrogens is 222 g/mol. The Balaban J connectivity index is 2.85. The van der Waals surface area contributed by atoms with Crippen molar-refractivity contribution in [2.45, 2.75) is 6.43 Å². The van der Waals surface area contributed by atoms with E-state index in [4.69, 9.17) is 18.0 Å². The Bertz CT molecular complexity index is 358. The van der Waals surface area contributed by atoms with E-state index in [0.717, 1.165) is 0 Å². The van der Waals surface area contributed by atoms with E-state index in [2.05, 4.69) is 9.97 Å². The van der Waals surface area contributed by atoms with Crippen molar-refractivity contribution < 1.29 is 8.78 Å². The molecule has 0 radical (unpaired) electrons. The van der Waals surface area contributed by atoms with E-state index >= 15 is 0 Å². The molecule has 0 spiro atoms. The summed E-state index contributed by atoms with van der Waals surface area (Å²) in [5.41, 5.74) is 5.73. The molecule has 0 fully saturated rings. The van der Waals surface area contributed by atoms with Crippen LogP contribution in [0.2, 0.25) is 0 Å². The summed E-state index contributed by atoms with van der Waals surface area (Å²) in [4.78, 5) is 9.14.